The number of carbonyl (C=O) groups is 2. The number of nitrogens with zero attached hydrogens (tertiary/aromatic N) is 2. The molecule has 1 saturated heterocycles. The molecule has 1 aromatic rings. The third-order valence-electron chi connectivity index (χ3n) is 4.09. The zero-order valence-electron chi connectivity index (χ0n) is 13.1. The second-order valence-corrected chi connectivity index (χ2v) is 5.64. The van der Waals surface area contributed by atoms with E-state index in [0.717, 1.165) is 43.6 Å². The first-order chi connectivity index (χ1) is 10.6. The molecule has 0 saturated carbocycles. The molecule has 0 unspecified atom stereocenters. The second-order valence-electron chi connectivity index (χ2n) is 5.64. The Bertz CT molecular complexity index is 524. The number of para-hydroxylation sites is 1. The number of amides is 1. The highest BCUT2D eigenvalue weighted by molar-refractivity contribution is 5.82. The van der Waals surface area contributed by atoms with Gasteiger partial charge in [0.2, 0.25) is 5.91 Å². The number of aryl methyl sites for hydroxylation is 1. The SMILES string of the molecule is CCc1ccccc1N(CCC(=O)O)CC(=O)N1CCCC1. The molecule has 120 valence electrons. The van der Waals surface area contributed by atoms with Crippen LogP contribution < -0.4 is 4.90 Å². The lowest BCUT2D eigenvalue weighted by atomic mass is 10.1. The average molecular weight is 304 g/mol. The van der Waals surface area contributed by atoms with Gasteiger partial charge in [-0.15, -0.1) is 0 Å². The summed E-state index contributed by atoms with van der Waals surface area (Å²) in [6.07, 6.45) is 3.02. The van der Waals surface area contributed by atoms with E-state index in [-0.39, 0.29) is 18.9 Å². The Hall–Kier alpha value is -2.04. The third-order valence-corrected chi connectivity index (χ3v) is 4.09. The molecule has 5 nitrogen and oxygen atoms in total. The number of likely N-dealkylation sites (tertiary alicyclic amines) is 1. The van der Waals surface area contributed by atoms with Crippen LogP contribution in [0.2, 0.25) is 0 Å². The van der Waals surface area contributed by atoms with E-state index < -0.39 is 5.97 Å². The summed E-state index contributed by atoms with van der Waals surface area (Å²) in [6, 6.07) is 7.91. The van der Waals surface area contributed by atoms with Gasteiger partial charge in [0.1, 0.15) is 0 Å². The molecule has 0 bridgehead atoms. The van der Waals surface area contributed by atoms with Crippen molar-refractivity contribution in [2.45, 2.75) is 32.6 Å². The van der Waals surface area contributed by atoms with Crippen molar-refractivity contribution in [1.82, 2.24) is 4.90 Å². The summed E-state index contributed by atoms with van der Waals surface area (Å²) in [7, 11) is 0. The molecule has 1 aliphatic rings. The van der Waals surface area contributed by atoms with Crippen molar-refractivity contribution in [2.75, 3.05) is 31.1 Å². The molecule has 1 heterocycles. The Balaban J connectivity index is 2.14. The second kappa shape index (κ2) is 7.82. The lowest BCUT2D eigenvalue weighted by molar-refractivity contribution is -0.137. The first-order valence-electron chi connectivity index (χ1n) is 7.94. The predicted molar refractivity (Wildman–Crippen MR) is 86.1 cm³/mol. The number of aliphatic carboxylic acids is 1. The molecule has 1 aromatic carbocycles. The minimum absolute atomic E-state index is 0.0331. The molecule has 1 N–H and O–H groups in total. The van der Waals surface area contributed by atoms with Crippen LogP contribution in [0.3, 0.4) is 0 Å². The van der Waals surface area contributed by atoms with E-state index >= 15 is 0 Å². The number of anilines is 1. The highest BCUT2D eigenvalue weighted by atomic mass is 16.4. The average Bonchev–Trinajstić information content (AvgIpc) is 3.05. The minimum Gasteiger partial charge on any atom is -0.481 e. The first kappa shape index (κ1) is 16.3. The lowest BCUT2D eigenvalue weighted by Gasteiger charge is -2.28. The summed E-state index contributed by atoms with van der Waals surface area (Å²) in [4.78, 5) is 27.1. The van der Waals surface area contributed by atoms with Crippen molar-refractivity contribution in [3.05, 3.63) is 29.8 Å². The molecule has 2 rings (SSSR count). The van der Waals surface area contributed by atoms with Gasteiger partial charge in [-0.1, -0.05) is 25.1 Å². The van der Waals surface area contributed by atoms with Gasteiger partial charge in [-0.05, 0) is 30.9 Å². The molecule has 0 atom stereocenters. The normalized spacial score (nSPS) is 14.1. The zero-order chi connectivity index (χ0) is 15.9. The van der Waals surface area contributed by atoms with Crippen molar-refractivity contribution in [3.63, 3.8) is 0 Å². The van der Waals surface area contributed by atoms with Crippen LogP contribution in [0, 0.1) is 0 Å². The molecule has 0 aromatic heterocycles. The summed E-state index contributed by atoms with van der Waals surface area (Å²) in [5, 5.41) is 8.96. The van der Waals surface area contributed by atoms with Gasteiger partial charge >= 0.3 is 5.97 Å². The summed E-state index contributed by atoms with van der Waals surface area (Å²) in [6.45, 7) is 4.31. The largest absolute Gasteiger partial charge is 0.481 e. The number of rotatable bonds is 7. The van der Waals surface area contributed by atoms with Gasteiger partial charge in [-0.2, -0.15) is 0 Å². The van der Waals surface area contributed by atoms with E-state index in [4.69, 9.17) is 5.11 Å². The van der Waals surface area contributed by atoms with Gasteiger partial charge in [0.25, 0.3) is 0 Å². The number of carboxylic acid groups (broad SMARTS) is 1. The number of benzene rings is 1. The van der Waals surface area contributed by atoms with Gasteiger partial charge < -0.3 is 14.9 Å². The third kappa shape index (κ3) is 4.23. The first-order valence-corrected chi connectivity index (χ1v) is 7.94. The molecule has 0 radical (unpaired) electrons. The summed E-state index contributed by atoms with van der Waals surface area (Å²) in [5.41, 5.74) is 2.11. The van der Waals surface area contributed by atoms with Crippen LogP contribution in [0.15, 0.2) is 24.3 Å². The van der Waals surface area contributed by atoms with Crippen LogP contribution >= 0.6 is 0 Å². The Labute approximate surface area is 131 Å². The molecule has 0 spiro atoms. The fourth-order valence-corrected chi connectivity index (χ4v) is 2.86. The van der Waals surface area contributed by atoms with E-state index in [2.05, 4.69) is 6.92 Å². The summed E-state index contributed by atoms with van der Waals surface area (Å²) >= 11 is 0. The Kier molecular flexibility index (Phi) is 5.81. The molecule has 22 heavy (non-hydrogen) atoms. The predicted octanol–water partition coefficient (Wildman–Crippen LogP) is 2.15. The van der Waals surface area contributed by atoms with Crippen LogP contribution in [0.25, 0.3) is 0 Å². The molecule has 0 aliphatic carbocycles. The van der Waals surface area contributed by atoms with Crippen molar-refractivity contribution < 1.29 is 14.7 Å². The summed E-state index contributed by atoms with van der Waals surface area (Å²) < 4.78 is 0. The van der Waals surface area contributed by atoms with E-state index in [9.17, 15) is 9.59 Å². The highest BCUT2D eigenvalue weighted by Crippen LogP contribution is 2.22. The number of hydrogen-bond donors (Lipinski definition) is 1. The Morgan fingerprint density at radius 3 is 2.55 bits per heavy atom. The smallest absolute Gasteiger partial charge is 0.305 e. The van der Waals surface area contributed by atoms with E-state index in [0.29, 0.717) is 6.54 Å². The van der Waals surface area contributed by atoms with Gasteiger partial charge in [0.05, 0.1) is 13.0 Å². The van der Waals surface area contributed by atoms with Gasteiger partial charge in [0, 0.05) is 25.3 Å². The molecule has 1 amide bonds. The molecule has 1 aliphatic heterocycles. The van der Waals surface area contributed by atoms with Crippen molar-refractivity contribution in [1.29, 1.82) is 0 Å². The number of carbonyl (C=O) groups excluding carboxylic acids is 1. The standard InChI is InChI=1S/C17H24N2O3/c1-2-14-7-3-4-8-15(14)19(12-9-17(21)22)13-16(20)18-10-5-6-11-18/h3-4,7-8H,2,5-6,9-13H2,1H3,(H,21,22). The fraction of sp³-hybridized carbons (Fsp3) is 0.529. The molecule has 5 heteroatoms. The van der Waals surface area contributed by atoms with Crippen LogP contribution in [-0.4, -0.2) is 48.1 Å². The van der Waals surface area contributed by atoms with Crippen molar-refractivity contribution in [3.8, 4) is 0 Å². The van der Waals surface area contributed by atoms with Crippen molar-refractivity contribution in [2.24, 2.45) is 0 Å². The van der Waals surface area contributed by atoms with Crippen LogP contribution in [0.1, 0.15) is 31.7 Å². The van der Waals surface area contributed by atoms with Crippen LogP contribution in [0.5, 0.6) is 0 Å². The monoisotopic (exact) mass is 304 g/mol. The molecular weight excluding hydrogens is 280 g/mol. The van der Waals surface area contributed by atoms with Crippen LogP contribution in [0.4, 0.5) is 5.69 Å². The molecule has 1 fully saturated rings. The zero-order valence-corrected chi connectivity index (χ0v) is 13.1. The van der Waals surface area contributed by atoms with Gasteiger partial charge in [0.15, 0.2) is 0 Å². The maximum Gasteiger partial charge on any atom is 0.305 e. The van der Waals surface area contributed by atoms with Gasteiger partial charge in [-0.3, -0.25) is 9.59 Å². The topological polar surface area (TPSA) is 60.9 Å². The Morgan fingerprint density at radius 1 is 1.23 bits per heavy atom. The quantitative estimate of drug-likeness (QED) is 0.838. The van der Waals surface area contributed by atoms with Crippen molar-refractivity contribution >= 4 is 17.6 Å². The minimum atomic E-state index is -0.840. The number of carboxylic acids is 1. The molecular formula is C17H24N2O3. The van der Waals surface area contributed by atoms with E-state index in [1.807, 2.05) is 34.1 Å². The van der Waals surface area contributed by atoms with E-state index in [1.165, 1.54) is 0 Å². The summed E-state index contributed by atoms with van der Waals surface area (Å²) in [5.74, 6) is -0.749. The van der Waals surface area contributed by atoms with E-state index in [1.54, 1.807) is 0 Å². The maximum atomic E-state index is 12.4. The van der Waals surface area contributed by atoms with Gasteiger partial charge in [-0.25, -0.2) is 0 Å². The number of hydrogen-bond acceptors (Lipinski definition) is 3. The lowest BCUT2D eigenvalue weighted by Crippen LogP contribution is -2.40. The Morgan fingerprint density at radius 2 is 1.91 bits per heavy atom. The maximum absolute atomic E-state index is 12.4. The highest BCUT2D eigenvalue weighted by Gasteiger charge is 2.22. The van der Waals surface area contributed by atoms with Crippen LogP contribution in [-0.2, 0) is 16.0 Å². The fourth-order valence-electron chi connectivity index (χ4n) is 2.86.